The first-order valence-electron chi connectivity index (χ1n) is 13.3. The second kappa shape index (κ2) is 9.86. The van der Waals surface area contributed by atoms with Crippen LogP contribution in [0.1, 0.15) is 26.5 Å². The number of piperazine rings is 1. The summed E-state index contributed by atoms with van der Waals surface area (Å²) >= 11 is 0. The van der Waals surface area contributed by atoms with Crippen LogP contribution < -0.4 is 15.3 Å². The van der Waals surface area contributed by atoms with E-state index in [1.165, 1.54) is 30.6 Å². The average Bonchev–Trinajstić information content (AvgIpc) is 3.11. The zero-order valence-corrected chi connectivity index (χ0v) is 23.1. The predicted octanol–water partition coefficient (Wildman–Crippen LogP) is 3.11. The number of nitrogens with zero attached hydrogens (tertiary/aromatic N) is 7. The van der Waals surface area contributed by atoms with Crippen LogP contribution in [0.5, 0.6) is 11.5 Å². The second-order valence-electron chi connectivity index (χ2n) is 11.1. The molecule has 3 aromatic heterocycles. The number of pyridine rings is 1. The highest BCUT2D eigenvalue weighted by molar-refractivity contribution is 5.97. The van der Waals surface area contributed by atoms with Gasteiger partial charge in [-0.15, -0.1) is 0 Å². The highest BCUT2D eigenvalue weighted by Gasteiger charge is 2.38. The minimum atomic E-state index is -1.04. The third-order valence-corrected chi connectivity index (χ3v) is 7.39. The van der Waals surface area contributed by atoms with Crippen LogP contribution in [-0.4, -0.2) is 72.7 Å². The topological polar surface area (TPSA) is 127 Å². The molecule has 216 valence electrons. The SMILES string of the molecule is C=CC(=O)N1CCN2c3nc(=O)n(-c4nccnc4C(C)(C)C)c4nc(-c5c(O)cccc5F)c(F)c(c34)OC[C@H]2C1. The Hall–Kier alpha value is -4.94. The largest absolute Gasteiger partial charge is 0.507 e. The van der Waals surface area contributed by atoms with Crippen molar-refractivity contribution in [2.24, 2.45) is 0 Å². The van der Waals surface area contributed by atoms with Crippen molar-refractivity contribution in [1.82, 2.24) is 29.4 Å². The molecule has 5 heterocycles. The maximum Gasteiger partial charge on any atom is 0.357 e. The number of aromatic hydroxyl groups is 1. The quantitative estimate of drug-likeness (QED) is 0.367. The molecule has 4 aromatic rings. The summed E-state index contributed by atoms with van der Waals surface area (Å²) in [6.45, 7) is 9.93. The van der Waals surface area contributed by atoms with Crippen molar-refractivity contribution >= 4 is 22.8 Å². The minimum Gasteiger partial charge on any atom is -0.507 e. The lowest BCUT2D eigenvalue weighted by Gasteiger charge is -2.40. The molecular weight excluding hydrogens is 548 g/mol. The van der Waals surface area contributed by atoms with Crippen molar-refractivity contribution in [1.29, 1.82) is 0 Å². The molecule has 2 aliphatic rings. The van der Waals surface area contributed by atoms with E-state index >= 15 is 8.78 Å². The Morgan fingerprint density at radius 1 is 1.14 bits per heavy atom. The van der Waals surface area contributed by atoms with Gasteiger partial charge in [0.2, 0.25) is 5.91 Å². The van der Waals surface area contributed by atoms with Crippen molar-refractivity contribution in [3.8, 4) is 28.6 Å². The van der Waals surface area contributed by atoms with E-state index in [1.807, 2.05) is 20.8 Å². The fourth-order valence-electron chi connectivity index (χ4n) is 5.44. The first-order chi connectivity index (χ1) is 20.0. The summed E-state index contributed by atoms with van der Waals surface area (Å²) in [6, 6.07) is 3.06. The van der Waals surface area contributed by atoms with Gasteiger partial charge in [-0.1, -0.05) is 33.4 Å². The molecular formula is C29H27F2N7O4. The lowest BCUT2D eigenvalue weighted by atomic mass is 9.91. The van der Waals surface area contributed by atoms with Crippen molar-refractivity contribution in [2.75, 3.05) is 31.1 Å². The Morgan fingerprint density at radius 3 is 2.62 bits per heavy atom. The van der Waals surface area contributed by atoms with Crippen LogP contribution in [-0.2, 0) is 10.2 Å². The Kier molecular flexibility index (Phi) is 6.39. The zero-order valence-electron chi connectivity index (χ0n) is 23.1. The summed E-state index contributed by atoms with van der Waals surface area (Å²) < 4.78 is 38.6. The third-order valence-electron chi connectivity index (χ3n) is 7.39. The van der Waals surface area contributed by atoms with Gasteiger partial charge in [0.05, 0.1) is 17.3 Å². The number of phenolic OH excluding ortho intramolecular Hbond substituents is 1. The van der Waals surface area contributed by atoms with E-state index < -0.39 is 45.8 Å². The van der Waals surface area contributed by atoms with E-state index in [9.17, 15) is 14.7 Å². The van der Waals surface area contributed by atoms with E-state index in [-0.39, 0.29) is 54.0 Å². The summed E-state index contributed by atoms with van der Waals surface area (Å²) in [5, 5.41) is 10.6. The number of hydrogen-bond acceptors (Lipinski definition) is 9. The molecule has 0 unspecified atom stereocenters. The summed E-state index contributed by atoms with van der Waals surface area (Å²) in [5.74, 6) is -2.86. The molecule has 0 saturated carbocycles. The molecule has 0 spiro atoms. The smallest absolute Gasteiger partial charge is 0.357 e. The predicted molar refractivity (Wildman–Crippen MR) is 150 cm³/mol. The number of carbonyl (C=O) groups is 1. The van der Waals surface area contributed by atoms with Crippen LogP contribution in [0.4, 0.5) is 14.6 Å². The van der Waals surface area contributed by atoms with Crippen LogP contribution in [0.3, 0.4) is 0 Å². The van der Waals surface area contributed by atoms with Crippen LogP contribution in [0.2, 0.25) is 0 Å². The number of fused-ring (bicyclic) bond motifs is 2. The molecule has 6 rings (SSSR count). The molecule has 1 saturated heterocycles. The lowest BCUT2D eigenvalue weighted by Crippen LogP contribution is -2.56. The monoisotopic (exact) mass is 575 g/mol. The van der Waals surface area contributed by atoms with Gasteiger partial charge in [0.15, 0.2) is 23.0 Å². The van der Waals surface area contributed by atoms with Gasteiger partial charge in [-0.25, -0.2) is 28.1 Å². The van der Waals surface area contributed by atoms with Crippen molar-refractivity contribution in [3.63, 3.8) is 0 Å². The molecule has 2 aliphatic heterocycles. The maximum atomic E-state index is 16.4. The first-order valence-corrected chi connectivity index (χ1v) is 13.3. The molecule has 0 bridgehead atoms. The van der Waals surface area contributed by atoms with Gasteiger partial charge in [0.25, 0.3) is 0 Å². The normalized spacial score (nSPS) is 16.5. The molecule has 1 fully saturated rings. The standard InChI is InChI=1S/C29H27F2N7O4/c1-5-18(40)36-11-12-37-15(13-36)14-42-23-20-25(37)35-28(41)38(27-24(29(2,3)4)32-9-10-33-27)26(20)34-22(21(23)31)19-16(30)7-6-8-17(19)39/h5-10,15,39H,1,11-14H2,2-4H3/t15-/m1/s1. The fourth-order valence-corrected chi connectivity index (χ4v) is 5.44. The van der Waals surface area contributed by atoms with E-state index in [4.69, 9.17) is 4.74 Å². The number of aromatic nitrogens is 5. The highest BCUT2D eigenvalue weighted by Crippen LogP contribution is 2.43. The van der Waals surface area contributed by atoms with Gasteiger partial charge in [-0.2, -0.15) is 4.98 Å². The molecule has 1 aromatic carbocycles. The Labute approximate surface area is 238 Å². The number of rotatable bonds is 3. The number of anilines is 1. The summed E-state index contributed by atoms with van der Waals surface area (Å²) in [6.07, 6.45) is 4.11. The Bertz CT molecular complexity index is 1820. The zero-order chi connectivity index (χ0) is 29.9. The number of phenols is 1. The van der Waals surface area contributed by atoms with Gasteiger partial charge >= 0.3 is 5.69 Å². The molecule has 1 amide bonds. The number of carbonyl (C=O) groups excluding carboxylic acids is 1. The molecule has 0 radical (unpaired) electrons. The summed E-state index contributed by atoms with van der Waals surface area (Å²) in [5.41, 5.74) is -2.06. The van der Waals surface area contributed by atoms with Gasteiger partial charge in [0, 0.05) is 37.4 Å². The molecule has 13 heteroatoms. The maximum absolute atomic E-state index is 16.4. The molecule has 1 N–H and O–H groups in total. The summed E-state index contributed by atoms with van der Waals surface area (Å²) in [7, 11) is 0. The number of halogens is 2. The fraction of sp³-hybridized carbons (Fsp3) is 0.310. The van der Waals surface area contributed by atoms with Crippen LogP contribution in [0, 0.1) is 11.6 Å². The number of ether oxygens (including phenoxy) is 1. The molecule has 1 atom stereocenters. The lowest BCUT2D eigenvalue weighted by molar-refractivity contribution is -0.126. The van der Waals surface area contributed by atoms with Gasteiger partial charge < -0.3 is 19.6 Å². The van der Waals surface area contributed by atoms with Crippen LogP contribution >= 0.6 is 0 Å². The van der Waals surface area contributed by atoms with E-state index in [2.05, 4.69) is 26.5 Å². The average molecular weight is 576 g/mol. The van der Waals surface area contributed by atoms with Crippen LogP contribution in [0.15, 0.2) is 48.0 Å². The molecule has 11 nitrogen and oxygen atoms in total. The van der Waals surface area contributed by atoms with E-state index in [0.717, 1.165) is 10.6 Å². The highest BCUT2D eigenvalue weighted by atomic mass is 19.1. The Balaban J connectivity index is 1.70. The molecule has 42 heavy (non-hydrogen) atoms. The van der Waals surface area contributed by atoms with Gasteiger partial charge in [0.1, 0.15) is 35.1 Å². The second-order valence-corrected chi connectivity index (χ2v) is 11.1. The summed E-state index contributed by atoms with van der Waals surface area (Å²) in [4.78, 5) is 47.3. The number of benzene rings is 1. The number of amides is 1. The molecule has 0 aliphatic carbocycles. The third kappa shape index (κ3) is 4.23. The van der Waals surface area contributed by atoms with E-state index in [1.54, 1.807) is 9.80 Å². The van der Waals surface area contributed by atoms with Crippen molar-refractivity contribution in [2.45, 2.75) is 32.2 Å². The van der Waals surface area contributed by atoms with Crippen molar-refractivity contribution in [3.05, 3.63) is 71.1 Å². The first kappa shape index (κ1) is 27.2. The minimum absolute atomic E-state index is 0.0724. The number of hydrogen-bond donors (Lipinski definition) is 1. The Morgan fingerprint density at radius 2 is 1.90 bits per heavy atom. The van der Waals surface area contributed by atoms with Gasteiger partial charge in [-0.05, 0) is 18.2 Å². The van der Waals surface area contributed by atoms with Gasteiger partial charge in [-0.3, -0.25) is 9.78 Å². The van der Waals surface area contributed by atoms with Crippen LogP contribution in [0.25, 0.3) is 28.1 Å². The van der Waals surface area contributed by atoms with Crippen molar-refractivity contribution < 1.29 is 23.4 Å². The van der Waals surface area contributed by atoms with E-state index in [0.29, 0.717) is 12.2 Å².